The Balaban J connectivity index is 1.76. The average Bonchev–Trinajstić information content (AvgIpc) is 2.39. The van der Waals surface area contributed by atoms with Crippen LogP contribution in [-0.2, 0) is 0 Å². The van der Waals surface area contributed by atoms with E-state index in [1.807, 2.05) is 0 Å². The van der Waals surface area contributed by atoms with Crippen LogP contribution in [0.4, 0.5) is 10.1 Å². The third-order valence-corrected chi connectivity index (χ3v) is 3.88. The standard InChI is InChI=1S/C15H18FN3O2/c16-11-7-17-15(18-8-11)19-12-4-10(5-13(20)6-12)14(21)9-2-1-3-9/h4-6,9,11,20H,1-3,7-8H2,(H2,17,18,19). The molecule has 0 saturated heterocycles. The highest BCUT2D eigenvalue weighted by atomic mass is 19.1. The third kappa shape index (κ3) is 3.15. The number of aromatic hydroxyl groups is 1. The molecule has 3 rings (SSSR count). The SMILES string of the molecule is O=C(c1cc(O)cc(NC2=NCC(F)CN2)c1)C1CCC1. The topological polar surface area (TPSA) is 73.7 Å². The monoisotopic (exact) mass is 291 g/mol. The van der Waals surface area contributed by atoms with E-state index in [0.717, 1.165) is 19.3 Å². The molecule has 5 nitrogen and oxygen atoms in total. The Kier molecular flexibility index (Phi) is 3.77. The van der Waals surface area contributed by atoms with E-state index >= 15 is 0 Å². The molecule has 0 bridgehead atoms. The van der Waals surface area contributed by atoms with Crippen LogP contribution in [0.25, 0.3) is 0 Å². The van der Waals surface area contributed by atoms with Gasteiger partial charge in [-0.25, -0.2) is 9.38 Å². The lowest BCUT2D eigenvalue weighted by atomic mass is 9.80. The Morgan fingerprint density at radius 2 is 2.19 bits per heavy atom. The summed E-state index contributed by atoms with van der Waals surface area (Å²) in [6.07, 6.45) is 1.95. The second-order valence-corrected chi connectivity index (χ2v) is 5.55. The minimum absolute atomic E-state index is 0.0300. The second-order valence-electron chi connectivity index (χ2n) is 5.55. The van der Waals surface area contributed by atoms with E-state index < -0.39 is 6.17 Å². The quantitative estimate of drug-likeness (QED) is 0.746. The van der Waals surface area contributed by atoms with Gasteiger partial charge in [0.2, 0.25) is 0 Å². The normalized spacial score (nSPS) is 22.0. The summed E-state index contributed by atoms with van der Waals surface area (Å²) in [5, 5.41) is 15.6. The van der Waals surface area contributed by atoms with Gasteiger partial charge >= 0.3 is 0 Å². The Labute approximate surface area is 122 Å². The van der Waals surface area contributed by atoms with Crippen LogP contribution in [0.1, 0.15) is 29.6 Å². The Morgan fingerprint density at radius 1 is 1.38 bits per heavy atom. The van der Waals surface area contributed by atoms with Crippen molar-refractivity contribution in [2.24, 2.45) is 10.9 Å². The molecule has 1 aliphatic carbocycles. The van der Waals surface area contributed by atoms with Gasteiger partial charge in [-0.1, -0.05) is 6.42 Å². The molecule has 0 spiro atoms. The lowest BCUT2D eigenvalue weighted by Crippen LogP contribution is -2.40. The van der Waals surface area contributed by atoms with Crippen molar-refractivity contribution in [3.63, 3.8) is 0 Å². The molecule has 1 fully saturated rings. The molecule has 2 aliphatic rings. The van der Waals surface area contributed by atoms with Gasteiger partial charge in [0.25, 0.3) is 0 Å². The molecule has 1 aromatic rings. The number of nitrogens with one attached hydrogen (secondary N) is 2. The molecule has 3 N–H and O–H groups in total. The van der Waals surface area contributed by atoms with Crippen LogP contribution in [0.3, 0.4) is 0 Å². The highest BCUT2D eigenvalue weighted by Crippen LogP contribution is 2.31. The first-order chi connectivity index (χ1) is 10.1. The first-order valence-corrected chi connectivity index (χ1v) is 7.19. The first-order valence-electron chi connectivity index (χ1n) is 7.19. The van der Waals surface area contributed by atoms with E-state index in [1.165, 1.54) is 12.1 Å². The number of halogens is 1. The number of hydrogen-bond acceptors (Lipinski definition) is 5. The molecule has 0 aromatic heterocycles. The number of phenols is 1. The third-order valence-electron chi connectivity index (χ3n) is 3.88. The number of benzene rings is 1. The number of carbonyl (C=O) groups excluding carboxylic acids is 1. The smallest absolute Gasteiger partial charge is 0.196 e. The van der Waals surface area contributed by atoms with Gasteiger partial charge < -0.3 is 15.7 Å². The fourth-order valence-corrected chi connectivity index (χ4v) is 2.47. The van der Waals surface area contributed by atoms with Gasteiger partial charge in [-0.05, 0) is 25.0 Å². The van der Waals surface area contributed by atoms with Crippen molar-refractivity contribution < 1.29 is 14.3 Å². The summed E-state index contributed by atoms with van der Waals surface area (Å²) in [7, 11) is 0. The fourth-order valence-electron chi connectivity index (χ4n) is 2.47. The van der Waals surface area contributed by atoms with E-state index in [2.05, 4.69) is 15.6 Å². The van der Waals surface area contributed by atoms with Crippen LogP contribution in [0.15, 0.2) is 23.2 Å². The van der Waals surface area contributed by atoms with Gasteiger partial charge in [0.1, 0.15) is 11.9 Å². The van der Waals surface area contributed by atoms with E-state index in [9.17, 15) is 14.3 Å². The first kappa shape index (κ1) is 13.9. The summed E-state index contributed by atoms with van der Waals surface area (Å²) in [4.78, 5) is 16.3. The van der Waals surface area contributed by atoms with Crippen molar-refractivity contribution in [1.29, 1.82) is 0 Å². The van der Waals surface area contributed by atoms with Gasteiger partial charge in [-0.2, -0.15) is 0 Å². The predicted molar refractivity (Wildman–Crippen MR) is 78.6 cm³/mol. The molecular weight excluding hydrogens is 273 g/mol. The van der Waals surface area contributed by atoms with Crippen LogP contribution in [0, 0.1) is 5.92 Å². The van der Waals surface area contributed by atoms with Gasteiger partial charge in [0, 0.05) is 23.2 Å². The van der Waals surface area contributed by atoms with Crippen LogP contribution >= 0.6 is 0 Å². The van der Waals surface area contributed by atoms with Crippen LogP contribution < -0.4 is 10.6 Å². The number of aliphatic imine (C=N–C) groups is 1. The van der Waals surface area contributed by atoms with Crippen LogP contribution in [0.2, 0.25) is 0 Å². The number of guanidine groups is 1. The average molecular weight is 291 g/mol. The van der Waals surface area contributed by atoms with Crippen molar-refractivity contribution in [3.05, 3.63) is 23.8 Å². The number of ketones is 1. The lowest BCUT2D eigenvalue weighted by molar-refractivity contribution is 0.0855. The number of anilines is 1. The number of Topliss-reactive ketones (excluding diaryl/α,β-unsaturated/α-hetero) is 1. The van der Waals surface area contributed by atoms with Crippen molar-refractivity contribution in [1.82, 2.24) is 5.32 Å². The molecule has 0 radical (unpaired) electrons. The molecule has 1 saturated carbocycles. The summed E-state index contributed by atoms with van der Waals surface area (Å²) in [6, 6.07) is 4.70. The van der Waals surface area contributed by atoms with Gasteiger partial charge in [-0.3, -0.25) is 4.79 Å². The Bertz CT molecular complexity index is 584. The maximum Gasteiger partial charge on any atom is 0.196 e. The second kappa shape index (κ2) is 5.71. The maximum absolute atomic E-state index is 13.0. The number of rotatable bonds is 3. The molecule has 6 heteroatoms. The number of hydrogen-bond donors (Lipinski definition) is 3. The molecule has 21 heavy (non-hydrogen) atoms. The van der Waals surface area contributed by atoms with Crippen molar-refractivity contribution >= 4 is 17.4 Å². The predicted octanol–water partition coefficient (Wildman–Crippen LogP) is 2.08. The minimum Gasteiger partial charge on any atom is -0.508 e. The maximum atomic E-state index is 13.0. The number of carbonyl (C=O) groups is 1. The number of nitrogens with zero attached hydrogens (tertiary/aromatic N) is 1. The van der Waals surface area contributed by atoms with Crippen LogP contribution in [0.5, 0.6) is 5.75 Å². The zero-order chi connectivity index (χ0) is 14.8. The van der Waals surface area contributed by atoms with Gasteiger partial charge in [0.05, 0.1) is 13.1 Å². The summed E-state index contributed by atoms with van der Waals surface area (Å²) < 4.78 is 13.0. The zero-order valence-corrected chi connectivity index (χ0v) is 11.6. The highest BCUT2D eigenvalue weighted by Gasteiger charge is 2.26. The van der Waals surface area contributed by atoms with Crippen molar-refractivity contribution in [3.8, 4) is 5.75 Å². The molecule has 1 heterocycles. The summed E-state index contributed by atoms with van der Waals surface area (Å²) in [6.45, 7) is 0.320. The van der Waals surface area contributed by atoms with Crippen molar-refractivity contribution in [2.75, 3.05) is 18.4 Å². The molecular formula is C15H18FN3O2. The Hall–Kier alpha value is -2.11. The highest BCUT2D eigenvalue weighted by molar-refractivity contribution is 6.01. The molecule has 1 aromatic carbocycles. The van der Waals surface area contributed by atoms with Gasteiger partial charge in [0.15, 0.2) is 11.7 Å². The number of phenolic OH excluding ortho intramolecular Hbond substituents is 1. The van der Waals surface area contributed by atoms with E-state index in [4.69, 9.17) is 0 Å². The molecule has 112 valence electrons. The van der Waals surface area contributed by atoms with E-state index in [-0.39, 0.29) is 30.5 Å². The summed E-state index contributed by atoms with van der Waals surface area (Å²) in [5.41, 5.74) is 1.07. The molecule has 1 aliphatic heterocycles. The minimum atomic E-state index is -0.976. The van der Waals surface area contributed by atoms with E-state index in [0.29, 0.717) is 17.2 Å². The van der Waals surface area contributed by atoms with Crippen molar-refractivity contribution in [2.45, 2.75) is 25.4 Å². The van der Waals surface area contributed by atoms with Gasteiger partial charge in [-0.15, -0.1) is 0 Å². The number of alkyl halides is 1. The Morgan fingerprint density at radius 3 is 2.81 bits per heavy atom. The largest absolute Gasteiger partial charge is 0.508 e. The fraction of sp³-hybridized carbons (Fsp3) is 0.467. The summed E-state index contributed by atoms with van der Waals surface area (Å²) >= 11 is 0. The molecule has 1 atom stereocenters. The van der Waals surface area contributed by atoms with E-state index in [1.54, 1.807) is 6.07 Å². The zero-order valence-electron chi connectivity index (χ0n) is 11.6. The lowest BCUT2D eigenvalue weighted by Gasteiger charge is -2.24. The summed E-state index contributed by atoms with van der Waals surface area (Å²) in [5.74, 6) is 0.638. The van der Waals surface area contributed by atoms with Crippen LogP contribution in [-0.4, -0.2) is 36.1 Å². The molecule has 0 amide bonds. The molecule has 1 unspecified atom stereocenters.